The summed E-state index contributed by atoms with van der Waals surface area (Å²) in [6.07, 6.45) is 3.30. The Hall–Kier alpha value is -3.25. The normalized spacial score (nSPS) is 18.1. The summed E-state index contributed by atoms with van der Waals surface area (Å²) in [5, 5.41) is 11.0. The minimum atomic E-state index is -0.684. The number of likely N-dealkylation sites (tertiary alicyclic amines) is 1. The van der Waals surface area contributed by atoms with Crippen molar-refractivity contribution in [3.63, 3.8) is 0 Å². The van der Waals surface area contributed by atoms with Gasteiger partial charge in [0.05, 0.1) is 11.6 Å². The topological polar surface area (TPSA) is 70.5 Å². The van der Waals surface area contributed by atoms with Crippen molar-refractivity contribution in [1.29, 1.82) is 0 Å². The lowest BCUT2D eigenvalue weighted by molar-refractivity contribution is -0.140. The molecule has 1 unspecified atom stereocenters. The fourth-order valence-corrected chi connectivity index (χ4v) is 3.94. The van der Waals surface area contributed by atoms with E-state index in [9.17, 15) is 14.7 Å². The van der Waals surface area contributed by atoms with Crippen molar-refractivity contribution in [3.05, 3.63) is 105 Å². The molecule has 1 aliphatic rings. The third-order valence-electron chi connectivity index (χ3n) is 5.12. The second-order valence-electron chi connectivity index (χ2n) is 7.20. The number of amides is 1. The van der Waals surface area contributed by atoms with Crippen LogP contribution >= 0.6 is 15.9 Å². The molecule has 1 amide bonds. The molecule has 6 heteroatoms. The Morgan fingerprint density at radius 3 is 2.43 bits per heavy atom. The summed E-state index contributed by atoms with van der Waals surface area (Å²) in [5.74, 6) is -1.49. The number of Topliss-reactive ketones (excluding diaryl/α,β-unsaturated/α-hetero) is 1. The monoisotopic (exact) mass is 462 g/mol. The van der Waals surface area contributed by atoms with E-state index in [1.165, 1.54) is 4.90 Å². The number of hydrogen-bond acceptors (Lipinski definition) is 4. The average Bonchev–Trinajstić information content (AvgIpc) is 2.99. The Kier molecular flexibility index (Phi) is 5.50. The highest BCUT2D eigenvalue weighted by Gasteiger charge is 2.46. The van der Waals surface area contributed by atoms with Gasteiger partial charge < -0.3 is 10.0 Å². The van der Waals surface area contributed by atoms with Crippen LogP contribution < -0.4 is 0 Å². The number of aliphatic hydroxyl groups is 1. The molecule has 3 aromatic rings. The second-order valence-corrected chi connectivity index (χ2v) is 8.12. The van der Waals surface area contributed by atoms with Crippen LogP contribution in [0.4, 0.5) is 0 Å². The molecule has 0 aliphatic carbocycles. The molecule has 1 aromatic heterocycles. The van der Waals surface area contributed by atoms with Crippen molar-refractivity contribution < 1.29 is 14.7 Å². The molecule has 5 nitrogen and oxygen atoms in total. The molecule has 1 aliphatic heterocycles. The number of pyridine rings is 1. The summed E-state index contributed by atoms with van der Waals surface area (Å²) in [4.78, 5) is 31.5. The van der Waals surface area contributed by atoms with E-state index >= 15 is 0 Å². The molecule has 0 radical (unpaired) electrons. The summed E-state index contributed by atoms with van der Waals surface area (Å²) in [5.41, 5.74) is 3.22. The van der Waals surface area contributed by atoms with Crippen LogP contribution in [0.25, 0.3) is 5.76 Å². The fourth-order valence-electron chi connectivity index (χ4n) is 3.68. The highest BCUT2D eigenvalue weighted by Crippen LogP contribution is 2.40. The van der Waals surface area contributed by atoms with E-state index in [-0.39, 0.29) is 17.9 Å². The highest BCUT2D eigenvalue weighted by molar-refractivity contribution is 9.10. The first-order valence-corrected chi connectivity index (χ1v) is 10.2. The largest absolute Gasteiger partial charge is 0.507 e. The number of aryl methyl sites for hydroxylation is 1. The number of halogens is 1. The molecule has 1 fully saturated rings. The van der Waals surface area contributed by atoms with Crippen LogP contribution in [0, 0.1) is 6.92 Å². The van der Waals surface area contributed by atoms with Gasteiger partial charge in [0.2, 0.25) is 0 Å². The van der Waals surface area contributed by atoms with Gasteiger partial charge in [0.15, 0.2) is 0 Å². The summed E-state index contributed by atoms with van der Waals surface area (Å²) < 4.78 is 0.854. The van der Waals surface area contributed by atoms with E-state index in [0.717, 1.165) is 21.2 Å². The van der Waals surface area contributed by atoms with Crippen molar-refractivity contribution in [2.24, 2.45) is 0 Å². The minimum Gasteiger partial charge on any atom is -0.507 e. The standard InChI is InChI=1S/C24H19BrN2O3/c1-15-3-2-4-18(13-15)21-20(22(28)17-5-7-19(25)8-6-17)23(29)24(30)27(21)14-16-9-11-26-12-10-16/h2-13,21,28H,14H2,1H3/b22-20-. The maximum atomic E-state index is 13.0. The molecule has 1 N–H and O–H groups in total. The summed E-state index contributed by atoms with van der Waals surface area (Å²) in [7, 11) is 0. The van der Waals surface area contributed by atoms with Gasteiger partial charge in [-0.25, -0.2) is 0 Å². The van der Waals surface area contributed by atoms with Gasteiger partial charge in [-0.1, -0.05) is 57.9 Å². The number of hydrogen-bond donors (Lipinski definition) is 1. The lowest BCUT2D eigenvalue weighted by atomic mass is 9.94. The number of benzene rings is 2. The Balaban J connectivity index is 1.87. The van der Waals surface area contributed by atoms with Crippen molar-refractivity contribution in [2.75, 3.05) is 0 Å². The summed E-state index contributed by atoms with van der Waals surface area (Å²) in [6, 6.07) is 17.6. The smallest absolute Gasteiger partial charge is 0.295 e. The van der Waals surface area contributed by atoms with Crippen molar-refractivity contribution in [1.82, 2.24) is 9.88 Å². The molecule has 150 valence electrons. The Labute approximate surface area is 182 Å². The Bertz CT molecular complexity index is 1140. The zero-order valence-electron chi connectivity index (χ0n) is 16.2. The maximum Gasteiger partial charge on any atom is 0.295 e. The van der Waals surface area contributed by atoms with Gasteiger partial charge in [0.25, 0.3) is 11.7 Å². The number of carbonyl (C=O) groups is 2. The van der Waals surface area contributed by atoms with Crippen LogP contribution in [-0.2, 0) is 16.1 Å². The van der Waals surface area contributed by atoms with E-state index in [2.05, 4.69) is 20.9 Å². The molecule has 1 saturated heterocycles. The number of nitrogens with zero attached hydrogens (tertiary/aromatic N) is 2. The number of carbonyl (C=O) groups excluding carboxylic acids is 2. The number of aliphatic hydroxyl groups excluding tert-OH is 1. The quantitative estimate of drug-likeness (QED) is 0.344. The van der Waals surface area contributed by atoms with Crippen molar-refractivity contribution >= 4 is 33.4 Å². The third-order valence-corrected chi connectivity index (χ3v) is 5.65. The highest BCUT2D eigenvalue weighted by atomic mass is 79.9. The number of ketones is 1. The SMILES string of the molecule is Cc1cccc(C2/C(=C(/O)c3ccc(Br)cc3)C(=O)C(=O)N2Cc2ccncc2)c1. The van der Waals surface area contributed by atoms with Crippen LogP contribution in [0.2, 0.25) is 0 Å². The molecule has 1 atom stereocenters. The van der Waals surface area contributed by atoms with Crippen LogP contribution in [0.1, 0.15) is 28.3 Å². The lowest BCUT2D eigenvalue weighted by Crippen LogP contribution is -2.29. The Morgan fingerprint density at radius 1 is 1.07 bits per heavy atom. The predicted molar refractivity (Wildman–Crippen MR) is 117 cm³/mol. The molecule has 2 heterocycles. The maximum absolute atomic E-state index is 13.0. The summed E-state index contributed by atoms with van der Waals surface area (Å²) >= 11 is 3.37. The number of rotatable bonds is 4. The molecule has 0 bridgehead atoms. The van der Waals surface area contributed by atoms with E-state index in [1.54, 1.807) is 48.8 Å². The summed E-state index contributed by atoms with van der Waals surface area (Å²) in [6.45, 7) is 2.19. The van der Waals surface area contributed by atoms with Crippen LogP contribution in [0.3, 0.4) is 0 Å². The average molecular weight is 463 g/mol. The zero-order valence-corrected chi connectivity index (χ0v) is 17.8. The third kappa shape index (κ3) is 3.78. The number of aromatic nitrogens is 1. The first-order valence-electron chi connectivity index (χ1n) is 9.45. The van der Waals surface area contributed by atoms with Crippen molar-refractivity contribution in [3.8, 4) is 0 Å². The van der Waals surface area contributed by atoms with Gasteiger partial charge in [-0.05, 0) is 42.3 Å². The molecule has 2 aromatic carbocycles. The van der Waals surface area contributed by atoms with Gasteiger partial charge in [-0.2, -0.15) is 0 Å². The van der Waals surface area contributed by atoms with Crippen molar-refractivity contribution in [2.45, 2.75) is 19.5 Å². The van der Waals surface area contributed by atoms with E-state index in [0.29, 0.717) is 5.56 Å². The molecular weight excluding hydrogens is 444 g/mol. The van der Waals surface area contributed by atoms with Gasteiger partial charge in [0.1, 0.15) is 5.76 Å². The van der Waals surface area contributed by atoms with Crippen LogP contribution in [0.15, 0.2) is 83.1 Å². The van der Waals surface area contributed by atoms with Crippen LogP contribution in [-0.4, -0.2) is 26.7 Å². The second kappa shape index (κ2) is 8.24. The van der Waals surface area contributed by atoms with Gasteiger partial charge in [0, 0.05) is 29.0 Å². The zero-order chi connectivity index (χ0) is 21.3. The molecule has 30 heavy (non-hydrogen) atoms. The molecular formula is C24H19BrN2O3. The van der Waals surface area contributed by atoms with Gasteiger partial charge in [-0.15, -0.1) is 0 Å². The van der Waals surface area contributed by atoms with E-state index in [1.807, 2.05) is 31.2 Å². The molecule has 0 saturated carbocycles. The first kappa shape index (κ1) is 20.0. The van der Waals surface area contributed by atoms with Gasteiger partial charge >= 0.3 is 0 Å². The molecule has 0 spiro atoms. The van der Waals surface area contributed by atoms with Gasteiger partial charge in [-0.3, -0.25) is 14.6 Å². The first-order chi connectivity index (χ1) is 14.5. The lowest BCUT2D eigenvalue weighted by Gasteiger charge is -2.25. The van der Waals surface area contributed by atoms with Crippen LogP contribution in [0.5, 0.6) is 0 Å². The predicted octanol–water partition coefficient (Wildman–Crippen LogP) is 4.77. The molecule has 4 rings (SSSR count). The Morgan fingerprint density at radius 2 is 1.77 bits per heavy atom. The fraction of sp³-hybridized carbons (Fsp3) is 0.125. The minimum absolute atomic E-state index is 0.0991. The van der Waals surface area contributed by atoms with E-state index in [4.69, 9.17) is 0 Å². The van der Waals surface area contributed by atoms with E-state index < -0.39 is 17.7 Å².